The van der Waals surface area contributed by atoms with E-state index in [1.54, 1.807) is 18.1 Å². The number of carbonyl (C=O) groups excluding carboxylic acids is 1. The van der Waals surface area contributed by atoms with Gasteiger partial charge in [0.15, 0.2) is 0 Å². The third-order valence-electron chi connectivity index (χ3n) is 3.73. The molecule has 0 spiro atoms. The maximum Gasteiger partial charge on any atom is 0.272 e. The van der Waals surface area contributed by atoms with E-state index in [1.165, 1.54) is 12.0 Å². The van der Waals surface area contributed by atoms with E-state index in [1.807, 2.05) is 19.1 Å². The van der Waals surface area contributed by atoms with Gasteiger partial charge in [-0.05, 0) is 51.1 Å². The van der Waals surface area contributed by atoms with Crippen molar-refractivity contribution in [2.45, 2.75) is 25.8 Å². The second-order valence-electron chi connectivity index (χ2n) is 4.93. The van der Waals surface area contributed by atoms with Crippen LogP contribution in [0.3, 0.4) is 0 Å². The van der Waals surface area contributed by atoms with Crippen LogP contribution < -0.4 is 0 Å². The van der Waals surface area contributed by atoms with Crippen LogP contribution in [0.4, 0.5) is 0 Å². The first kappa shape index (κ1) is 13.0. The van der Waals surface area contributed by atoms with Gasteiger partial charge in [-0.15, -0.1) is 0 Å². The van der Waals surface area contributed by atoms with E-state index in [-0.39, 0.29) is 5.91 Å². The summed E-state index contributed by atoms with van der Waals surface area (Å²) in [6.07, 6.45) is 4.14. The Kier molecular flexibility index (Phi) is 3.97. The van der Waals surface area contributed by atoms with Crippen LogP contribution in [0.15, 0.2) is 18.3 Å². The van der Waals surface area contributed by atoms with Crippen LogP contribution >= 0.6 is 0 Å². The highest BCUT2D eigenvalue weighted by Crippen LogP contribution is 2.30. The molecule has 0 radical (unpaired) electrons. The normalized spacial score (nSPS) is 20.1. The first-order valence-electron chi connectivity index (χ1n) is 6.55. The van der Waals surface area contributed by atoms with Gasteiger partial charge in [-0.3, -0.25) is 14.7 Å². The monoisotopic (exact) mass is 247 g/mol. The Morgan fingerprint density at radius 1 is 1.61 bits per heavy atom. The molecule has 4 nitrogen and oxygen atoms in total. The molecule has 4 heteroatoms. The number of amides is 1. The Labute approximate surface area is 109 Å². The van der Waals surface area contributed by atoms with Crippen LogP contribution in [-0.4, -0.2) is 47.9 Å². The lowest BCUT2D eigenvalue weighted by atomic mass is 10.0. The van der Waals surface area contributed by atoms with E-state index in [9.17, 15) is 4.79 Å². The fourth-order valence-corrected chi connectivity index (χ4v) is 2.44. The lowest BCUT2D eigenvalue weighted by molar-refractivity contribution is 0.0796. The van der Waals surface area contributed by atoms with Gasteiger partial charge in [-0.25, -0.2) is 0 Å². The Balaban J connectivity index is 2.22. The van der Waals surface area contributed by atoms with Gasteiger partial charge in [0.2, 0.25) is 0 Å². The van der Waals surface area contributed by atoms with Crippen LogP contribution in [0, 0.1) is 0 Å². The molecular weight excluding hydrogens is 226 g/mol. The van der Waals surface area contributed by atoms with E-state index in [0.717, 1.165) is 13.0 Å². The smallest absolute Gasteiger partial charge is 0.272 e. The van der Waals surface area contributed by atoms with Crippen LogP contribution in [0.2, 0.25) is 0 Å². The molecule has 98 valence electrons. The molecule has 1 aromatic rings. The van der Waals surface area contributed by atoms with Crippen molar-refractivity contribution in [2.24, 2.45) is 0 Å². The van der Waals surface area contributed by atoms with Crippen LogP contribution in [0.5, 0.6) is 0 Å². The molecule has 0 aromatic carbocycles. The molecule has 1 fully saturated rings. The van der Waals surface area contributed by atoms with E-state index in [0.29, 0.717) is 18.3 Å². The quantitative estimate of drug-likeness (QED) is 0.819. The van der Waals surface area contributed by atoms with Gasteiger partial charge in [-0.2, -0.15) is 0 Å². The van der Waals surface area contributed by atoms with Crippen molar-refractivity contribution in [1.29, 1.82) is 0 Å². The minimum atomic E-state index is 0. The van der Waals surface area contributed by atoms with Crippen LogP contribution in [0.1, 0.15) is 41.9 Å². The number of hydrogen-bond acceptors (Lipinski definition) is 3. The third kappa shape index (κ3) is 2.53. The maximum absolute atomic E-state index is 12.1. The summed E-state index contributed by atoms with van der Waals surface area (Å²) in [4.78, 5) is 20.3. The summed E-state index contributed by atoms with van der Waals surface area (Å²) in [6.45, 7) is 3.80. The lowest BCUT2D eigenvalue weighted by Crippen LogP contribution is -2.27. The highest BCUT2D eigenvalue weighted by Gasteiger charge is 2.23. The Bertz CT molecular complexity index is 433. The topological polar surface area (TPSA) is 36.4 Å². The molecule has 1 amide bonds. The van der Waals surface area contributed by atoms with E-state index in [4.69, 9.17) is 0 Å². The van der Waals surface area contributed by atoms with Gasteiger partial charge >= 0.3 is 0 Å². The summed E-state index contributed by atoms with van der Waals surface area (Å²) < 4.78 is 0. The summed E-state index contributed by atoms with van der Waals surface area (Å²) in [5.74, 6) is 0. The van der Waals surface area contributed by atoms with Gasteiger partial charge in [0.25, 0.3) is 5.91 Å². The molecule has 0 bridgehead atoms. The van der Waals surface area contributed by atoms with Crippen molar-refractivity contribution in [3.05, 3.63) is 29.6 Å². The fourth-order valence-electron chi connectivity index (χ4n) is 2.44. The molecule has 1 aliphatic heterocycles. The number of pyridine rings is 1. The lowest BCUT2D eigenvalue weighted by Gasteiger charge is -2.20. The molecule has 1 saturated heterocycles. The molecule has 1 unspecified atom stereocenters. The molecule has 1 aliphatic rings. The average Bonchev–Trinajstić information content (AvgIpc) is 2.83. The van der Waals surface area contributed by atoms with Crippen molar-refractivity contribution < 1.29 is 4.79 Å². The summed E-state index contributed by atoms with van der Waals surface area (Å²) >= 11 is 0. The van der Waals surface area contributed by atoms with Crippen LogP contribution in [-0.2, 0) is 0 Å². The maximum atomic E-state index is 12.1. The molecule has 2 rings (SSSR count). The number of rotatable bonds is 3. The molecule has 0 aliphatic carbocycles. The molecule has 18 heavy (non-hydrogen) atoms. The Morgan fingerprint density at radius 3 is 3.00 bits per heavy atom. The second kappa shape index (κ2) is 5.48. The summed E-state index contributed by atoms with van der Waals surface area (Å²) in [5.41, 5.74) is 1.76. The van der Waals surface area contributed by atoms with Gasteiger partial charge in [0.05, 0.1) is 0 Å². The fraction of sp³-hybridized carbons (Fsp3) is 0.571. The summed E-state index contributed by atoms with van der Waals surface area (Å²) in [5, 5.41) is 0. The van der Waals surface area contributed by atoms with Gasteiger partial charge < -0.3 is 4.90 Å². The van der Waals surface area contributed by atoms with Crippen molar-refractivity contribution in [3.63, 3.8) is 0 Å². The van der Waals surface area contributed by atoms with Crippen molar-refractivity contribution >= 4 is 5.91 Å². The zero-order chi connectivity index (χ0) is 13.1. The minimum absolute atomic E-state index is 0. The standard InChI is InChI=1S/C14H21N3O/c1-4-16(2)14(18)12-10-11(7-8-15-12)13-6-5-9-17(13)3/h7-8,10,13H,4-6,9H2,1-3H3. The summed E-state index contributed by atoms with van der Waals surface area (Å²) in [7, 11) is 3.94. The molecule has 2 heterocycles. The van der Waals surface area contributed by atoms with E-state index in [2.05, 4.69) is 16.9 Å². The number of likely N-dealkylation sites (tertiary alicyclic amines) is 1. The van der Waals surface area contributed by atoms with E-state index < -0.39 is 0 Å². The molecule has 0 saturated carbocycles. The SMILES string of the molecule is CCN(C)C(=O)c1cc(C2CCCN2C)ccn1. The molecule has 1 atom stereocenters. The second-order valence-corrected chi connectivity index (χ2v) is 4.93. The average molecular weight is 247 g/mol. The predicted octanol–water partition coefficient (Wildman–Crippen LogP) is 1.94. The molecular formula is C14H21N3O. The Hall–Kier alpha value is -1.42. The molecule has 1 aromatic heterocycles. The number of hydrogen-bond donors (Lipinski definition) is 0. The van der Waals surface area contributed by atoms with Gasteiger partial charge in [0, 0.05) is 25.8 Å². The third-order valence-corrected chi connectivity index (χ3v) is 3.73. The first-order valence-corrected chi connectivity index (χ1v) is 6.55. The van der Waals surface area contributed by atoms with E-state index >= 15 is 0 Å². The zero-order valence-electron chi connectivity index (χ0n) is 11.4. The highest BCUT2D eigenvalue weighted by molar-refractivity contribution is 5.92. The highest BCUT2D eigenvalue weighted by atomic mass is 16.2. The van der Waals surface area contributed by atoms with Gasteiger partial charge in [-0.1, -0.05) is 0 Å². The Morgan fingerprint density at radius 2 is 2.39 bits per heavy atom. The first-order chi connectivity index (χ1) is 8.63. The van der Waals surface area contributed by atoms with Crippen LogP contribution in [0.25, 0.3) is 0 Å². The van der Waals surface area contributed by atoms with Crippen molar-refractivity contribution in [2.75, 3.05) is 27.2 Å². The van der Waals surface area contributed by atoms with Crippen molar-refractivity contribution in [3.8, 4) is 0 Å². The minimum Gasteiger partial charge on any atom is -0.341 e. The number of nitrogens with zero attached hydrogens (tertiary/aromatic N) is 3. The predicted molar refractivity (Wildman–Crippen MR) is 71.5 cm³/mol. The zero-order valence-corrected chi connectivity index (χ0v) is 11.4. The van der Waals surface area contributed by atoms with Crippen molar-refractivity contribution in [1.82, 2.24) is 14.8 Å². The molecule has 0 N–H and O–H groups in total. The number of carbonyl (C=O) groups is 1. The number of aromatic nitrogens is 1. The van der Waals surface area contributed by atoms with Gasteiger partial charge in [0.1, 0.15) is 5.69 Å². The largest absolute Gasteiger partial charge is 0.341 e. The summed E-state index contributed by atoms with van der Waals surface area (Å²) in [6, 6.07) is 4.41.